The molecule has 162 valence electrons. The Morgan fingerprint density at radius 3 is 2.09 bits per heavy atom. The zero-order valence-electron chi connectivity index (χ0n) is 17.7. The number of carbonyl (C=O) groups excluding carboxylic acids is 2. The van der Waals surface area contributed by atoms with Gasteiger partial charge in [-0.25, -0.2) is 4.90 Å². The van der Waals surface area contributed by atoms with Crippen molar-refractivity contribution >= 4 is 52.0 Å². The maximum atomic E-state index is 13.5. The molecule has 1 aliphatic heterocycles. The predicted molar refractivity (Wildman–Crippen MR) is 128 cm³/mol. The number of ether oxygens (including phenoxy) is 1. The molecule has 0 aromatic heterocycles. The summed E-state index contributed by atoms with van der Waals surface area (Å²) in [5.74, 6) is -0.351. The number of anilines is 2. The first-order valence-electron chi connectivity index (χ1n) is 9.86. The second-order valence-electron chi connectivity index (χ2n) is 7.52. The number of carbonyl (C=O) groups is 2. The summed E-state index contributed by atoms with van der Waals surface area (Å²) >= 11 is 12.3. The van der Waals surface area contributed by atoms with E-state index >= 15 is 0 Å². The van der Waals surface area contributed by atoms with Crippen molar-refractivity contribution in [1.29, 1.82) is 0 Å². The Labute approximate surface area is 196 Å². The second kappa shape index (κ2) is 8.69. The number of benzene rings is 3. The lowest BCUT2D eigenvalue weighted by Crippen LogP contribution is -2.32. The molecule has 32 heavy (non-hydrogen) atoms. The third-order valence-corrected chi connectivity index (χ3v) is 5.65. The first-order chi connectivity index (χ1) is 15.3. The van der Waals surface area contributed by atoms with Gasteiger partial charge in [-0.05, 0) is 73.0 Å². The van der Waals surface area contributed by atoms with E-state index in [0.29, 0.717) is 32.7 Å². The molecular weight excluding hydrogens is 447 g/mol. The minimum absolute atomic E-state index is 0.165. The molecule has 0 unspecified atom stereocenters. The highest BCUT2D eigenvalue weighted by Crippen LogP contribution is 2.36. The molecular formula is C25H20Cl2N2O3. The molecule has 0 radical (unpaired) electrons. The highest BCUT2D eigenvalue weighted by molar-refractivity contribution is 6.46. The lowest BCUT2D eigenvalue weighted by atomic mass is 10.0. The fourth-order valence-corrected chi connectivity index (χ4v) is 4.12. The van der Waals surface area contributed by atoms with E-state index in [-0.39, 0.29) is 11.3 Å². The second-order valence-corrected chi connectivity index (χ2v) is 8.37. The van der Waals surface area contributed by atoms with Crippen LogP contribution < -0.4 is 15.0 Å². The minimum atomic E-state index is -0.447. The molecule has 0 fully saturated rings. The molecule has 3 aromatic rings. The fraction of sp³-hybridized carbons (Fsp3) is 0.120. The predicted octanol–water partition coefficient (Wildman–Crippen LogP) is 6.02. The van der Waals surface area contributed by atoms with Gasteiger partial charge in [-0.3, -0.25) is 9.59 Å². The summed E-state index contributed by atoms with van der Waals surface area (Å²) in [6, 6.07) is 17.5. The zero-order chi connectivity index (χ0) is 23.0. The van der Waals surface area contributed by atoms with E-state index in [1.165, 1.54) is 12.0 Å². The van der Waals surface area contributed by atoms with Crippen molar-refractivity contribution in [2.24, 2.45) is 0 Å². The highest BCUT2D eigenvalue weighted by atomic mass is 35.5. The van der Waals surface area contributed by atoms with Crippen molar-refractivity contribution in [3.05, 3.63) is 93.1 Å². The number of imide groups is 1. The minimum Gasteiger partial charge on any atom is -0.495 e. The molecule has 0 saturated carbocycles. The van der Waals surface area contributed by atoms with Crippen molar-refractivity contribution in [1.82, 2.24) is 0 Å². The monoisotopic (exact) mass is 466 g/mol. The third kappa shape index (κ3) is 4.09. The maximum Gasteiger partial charge on any atom is 0.282 e. The molecule has 1 N–H and O–H groups in total. The Balaban J connectivity index is 1.82. The standard InChI is InChI=1S/C25H20Cl2N2O3/c1-14-10-15(2)12-19(11-14)29-24(30)22(16-4-6-17(26)7-5-16)23(25(29)31)28-18-8-9-21(32-3)20(27)13-18/h4-13,28H,1-3H3. The molecule has 7 heteroatoms. The molecule has 5 nitrogen and oxygen atoms in total. The number of aryl methyl sites for hydroxylation is 2. The lowest BCUT2D eigenvalue weighted by Gasteiger charge is -2.17. The van der Waals surface area contributed by atoms with Gasteiger partial charge in [0.05, 0.1) is 23.4 Å². The summed E-state index contributed by atoms with van der Waals surface area (Å²) in [7, 11) is 1.52. The van der Waals surface area contributed by atoms with Crippen LogP contribution in [0, 0.1) is 13.8 Å². The van der Waals surface area contributed by atoms with E-state index in [0.717, 1.165) is 11.1 Å². The van der Waals surface area contributed by atoms with Crippen LogP contribution in [0.5, 0.6) is 5.75 Å². The SMILES string of the molecule is COc1ccc(NC2=C(c3ccc(Cl)cc3)C(=O)N(c3cc(C)cc(C)c3)C2=O)cc1Cl. The van der Waals surface area contributed by atoms with Crippen LogP contribution in [0.25, 0.3) is 5.57 Å². The van der Waals surface area contributed by atoms with Crippen LogP contribution in [0.15, 0.2) is 66.4 Å². The summed E-state index contributed by atoms with van der Waals surface area (Å²) in [4.78, 5) is 28.2. The Bertz CT molecular complexity index is 1250. The van der Waals surface area contributed by atoms with Crippen LogP contribution in [-0.2, 0) is 9.59 Å². The van der Waals surface area contributed by atoms with Crippen LogP contribution in [0.4, 0.5) is 11.4 Å². The summed E-state index contributed by atoms with van der Waals surface area (Å²) < 4.78 is 5.19. The van der Waals surface area contributed by atoms with Gasteiger partial charge in [-0.2, -0.15) is 0 Å². The van der Waals surface area contributed by atoms with E-state index in [1.807, 2.05) is 32.0 Å². The number of rotatable bonds is 5. The molecule has 0 aliphatic carbocycles. The number of methoxy groups -OCH3 is 1. The summed E-state index contributed by atoms with van der Waals surface area (Å²) in [5, 5.41) is 4.02. The normalized spacial score (nSPS) is 13.7. The van der Waals surface area contributed by atoms with Gasteiger partial charge >= 0.3 is 0 Å². The summed E-state index contributed by atoms with van der Waals surface area (Å²) in [5.41, 5.74) is 4.00. The molecule has 0 spiro atoms. The number of hydrogen-bond donors (Lipinski definition) is 1. The average Bonchev–Trinajstić information content (AvgIpc) is 2.98. The first-order valence-corrected chi connectivity index (χ1v) is 10.6. The van der Waals surface area contributed by atoms with Crippen molar-refractivity contribution in [2.75, 3.05) is 17.3 Å². The quantitative estimate of drug-likeness (QED) is 0.467. The van der Waals surface area contributed by atoms with Gasteiger partial charge in [-0.1, -0.05) is 41.4 Å². The highest BCUT2D eigenvalue weighted by Gasteiger charge is 2.40. The van der Waals surface area contributed by atoms with Crippen molar-refractivity contribution in [2.45, 2.75) is 13.8 Å². The number of halogens is 2. The van der Waals surface area contributed by atoms with Crippen molar-refractivity contribution < 1.29 is 14.3 Å². The third-order valence-electron chi connectivity index (χ3n) is 5.10. The molecule has 3 aromatic carbocycles. The lowest BCUT2D eigenvalue weighted by molar-refractivity contribution is -0.120. The Morgan fingerprint density at radius 1 is 0.844 bits per heavy atom. The largest absolute Gasteiger partial charge is 0.495 e. The molecule has 1 heterocycles. The van der Waals surface area contributed by atoms with Gasteiger partial charge < -0.3 is 10.1 Å². The zero-order valence-corrected chi connectivity index (χ0v) is 19.2. The van der Waals surface area contributed by atoms with E-state index in [2.05, 4.69) is 5.32 Å². The van der Waals surface area contributed by atoms with Gasteiger partial charge in [0.25, 0.3) is 11.8 Å². The number of nitrogens with one attached hydrogen (secondary N) is 1. The first kappa shape index (κ1) is 21.9. The Hall–Kier alpha value is -3.28. The molecule has 4 rings (SSSR count). The summed E-state index contributed by atoms with van der Waals surface area (Å²) in [6.07, 6.45) is 0. The molecule has 0 atom stereocenters. The molecule has 2 amide bonds. The maximum absolute atomic E-state index is 13.5. The fourth-order valence-electron chi connectivity index (χ4n) is 3.73. The van der Waals surface area contributed by atoms with Gasteiger partial charge in [0.2, 0.25) is 0 Å². The summed E-state index contributed by atoms with van der Waals surface area (Å²) in [6.45, 7) is 3.85. The van der Waals surface area contributed by atoms with Crippen LogP contribution in [0.3, 0.4) is 0 Å². The van der Waals surface area contributed by atoms with Gasteiger partial charge in [-0.15, -0.1) is 0 Å². The van der Waals surface area contributed by atoms with Gasteiger partial charge in [0.15, 0.2) is 0 Å². The van der Waals surface area contributed by atoms with Crippen LogP contribution in [0.1, 0.15) is 16.7 Å². The molecule has 0 bridgehead atoms. The topological polar surface area (TPSA) is 58.6 Å². The van der Waals surface area contributed by atoms with E-state index < -0.39 is 11.8 Å². The van der Waals surface area contributed by atoms with E-state index in [9.17, 15) is 9.59 Å². The Kier molecular flexibility index (Phi) is 5.96. The smallest absolute Gasteiger partial charge is 0.282 e. The van der Waals surface area contributed by atoms with Crippen LogP contribution in [-0.4, -0.2) is 18.9 Å². The number of hydrogen-bond acceptors (Lipinski definition) is 4. The van der Waals surface area contributed by atoms with Gasteiger partial charge in [0.1, 0.15) is 11.4 Å². The van der Waals surface area contributed by atoms with Gasteiger partial charge in [0, 0.05) is 10.7 Å². The Morgan fingerprint density at radius 2 is 1.50 bits per heavy atom. The van der Waals surface area contributed by atoms with Crippen molar-refractivity contribution in [3.63, 3.8) is 0 Å². The number of amides is 2. The number of nitrogens with zero attached hydrogens (tertiary/aromatic N) is 1. The van der Waals surface area contributed by atoms with Crippen LogP contribution >= 0.6 is 23.2 Å². The van der Waals surface area contributed by atoms with E-state index in [1.54, 1.807) is 42.5 Å². The molecule has 1 aliphatic rings. The van der Waals surface area contributed by atoms with Crippen molar-refractivity contribution in [3.8, 4) is 5.75 Å². The average molecular weight is 467 g/mol. The van der Waals surface area contributed by atoms with E-state index in [4.69, 9.17) is 27.9 Å². The molecule has 0 saturated heterocycles. The van der Waals surface area contributed by atoms with Crippen LogP contribution in [0.2, 0.25) is 10.0 Å².